The van der Waals surface area contributed by atoms with Crippen molar-refractivity contribution in [1.82, 2.24) is 9.80 Å². The van der Waals surface area contributed by atoms with Gasteiger partial charge >= 0.3 is 0 Å². The van der Waals surface area contributed by atoms with Crippen LogP contribution in [0.3, 0.4) is 0 Å². The third kappa shape index (κ3) is 8.74. The van der Waals surface area contributed by atoms with Crippen LogP contribution in [0.15, 0.2) is 62.8 Å². The molecule has 0 saturated heterocycles. The van der Waals surface area contributed by atoms with Crippen molar-refractivity contribution in [2.24, 2.45) is 0 Å². The molecular weight excluding hydrogens is 220 g/mol. The highest BCUT2D eigenvalue weighted by Crippen LogP contribution is 1.93. The molecule has 0 aromatic carbocycles. The summed E-state index contributed by atoms with van der Waals surface area (Å²) in [5.74, 6) is 0. The topological polar surface area (TPSA) is 6.48 Å². The van der Waals surface area contributed by atoms with Crippen LogP contribution in [0.25, 0.3) is 0 Å². The molecule has 0 aliphatic rings. The molecule has 0 N–H and O–H groups in total. The minimum atomic E-state index is 0.888. The second kappa shape index (κ2) is 12.1. The van der Waals surface area contributed by atoms with Gasteiger partial charge in [0.1, 0.15) is 0 Å². The van der Waals surface area contributed by atoms with Crippen molar-refractivity contribution in [3.63, 3.8) is 0 Å². The van der Waals surface area contributed by atoms with E-state index in [1.165, 1.54) is 0 Å². The van der Waals surface area contributed by atoms with Crippen LogP contribution in [0.4, 0.5) is 0 Å². The third-order valence-electron chi connectivity index (χ3n) is 2.44. The fourth-order valence-electron chi connectivity index (χ4n) is 1.62. The number of rotatable bonds is 12. The molecule has 100 valence electrons. The molecule has 0 spiro atoms. The second-order valence-corrected chi connectivity index (χ2v) is 4.06. The van der Waals surface area contributed by atoms with Gasteiger partial charge in [0, 0.05) is 39.3 Å². The highest BCUT2D eigenvalue weighted by atomic mass is 15.1. The second-order valence-electron chi connectivity index (χ2n) is 4.06. The fraction of sp³-hybridized carbons (Fsp3) is 0.375. The van der Waals surface area contributed by atoms with Gasteiger partial charge in [-0.25, -0.2) is 0 Å². The van der Waals surface area contributed by atoms with Gasteiger partial charge in [0.15, 0.2) is 0 Å². The number of hydrogen-bond donors (Lipinski definition) is 0. The van der Waals surface area contributed by atoms with Gasteiger partial charge in [-0.2, -0.15) is 0 Å². The average molecular weight is 246 g/mol. The Morgan fingerprint density at radius 2 is 0.778 bits per heavy atom. The summed E-state index contributed by atoms with van der Waals surface area (Å²) in [5.41, 5.74) is 0. The summed E-state index contributed by atoms with van der Waals surface area (Å²) in [7, 11) is 0. The lowest BCUT2D eigenvalue weighted by Crippen LogP contribution is -2.25. The van der Waals surface area contributed by atoms with Crippen molar-refractivity contribution in [3.05, 3.63) is 62.8 Å². The van der Waals surface area contributed by atoms with Crippen LogP contribution in [-0.2, 0) is 0 Å². The SMILES string of the molecule is C=CCN(CC=C)C/C=C/CN(CC=C)CC=C. The predicted octanol–water partition coefficient (Wildman–Crippen LogP) is 2.89. The molecule has 0 radical (unpaired) electrons. The van der Waals surface area contributed by atoms with Gasteiger partial charge in [-0.1, -0.05) is 36.5 Å². The standard InChI is InChI=1S/C16H26N2/c1-5-11-17(12-6-2)15-9-10-16-18(13-7-3)14-8-4/h5-10H,1-4,11-16H2/b10-9+. The van der Waals surface area contributed by atoms with E-state index in [-0.39, 0.29) is 0 Å². The zero-order valence-corrected chi connectivity index (χ0v) is 11.4. The molecule has 0 fully saturated rings. The van der Waals surface area contributed by atoms with Gasteiger partial charge in [0.2, 0.25) is 0 Å². The molecule has 0 aromatic rings. The first kappa shape index (κ1) is 16.6. The zero-order chi connectivity index (χ0) is 13.6. The van der Waals surface area contributed by atoms with Crippen molar-refractivity contribution < 1.29 is 0 Å². The Labute approximate surface area is 112 Å². The Balaban J connectivity index is 4.02. The Morgan fingerprint density at radius 1 is 0.500 bits per heavy atom. The minimum Gasteiger partial charge on any atom is -0.292 e. The van der Waals surface area contributed by atoms with Crippen molar-refractivity contribution in [2.45, 2.75) is 0 Å². The van der Waals surface area contributed by atoms with Crippen LogP contribution < -0.4 is 0 Å². The van der Waals surface area contributed by atoms with Crippen molar-refractivity contribution in [2.75, 3.05) is 39.3 Å². The van der Waals surface area contributed by atoms with E-state index < -0.39 is 0 Å². The Morgan fingerprint density at radius 3 is 1.00 bits per heavy atom. The molecule has 0 heterocycles. The van der Waals surface area contributed by atoms with Gasteiger partial charge in [-0.05, 0) is 0 Å². The van der Waals surface area contributed by atoms with Crippen LogP contribution in [0.5, 0.6) is 0 Å². The van der Waals surface area contributed by atoms with Gasteiger partial charge < -0.3 is 0 Å². The molecule has 0 atom stereocenters. The predicted molar refractivity (Wildman–Crippen MR) is 82.8 cm³/mol. The summed E-state index contributed by atoms with van der Waals surface area (Å²) in [6.45, 7) is 20.4. The van der Waals surface area contributed by atoms with Crippen LogP contribution in [0, 0.1) is 0 Å². The van der Waals surface area contributed by atoms with Crippen molar-refractivity contribution >= 4 is 0 Å². The summed E-state index contributed by atoms with van der Waals surface area (Å²) in [6, 6.07) is 0. The number of hydrogen-bond acceptors (Lipinski definition) is 2. The third-order valence-corrected chi connectivity index (χ3v) is 2.44. The Hall–Kier alpha value is -1.38. The first-order valence-corrected chi connectivity index (χ1v) is 6.31. The Kier molecular flexibility index (Phi) is 11.2. The smallest absolute Gasteiger partial charge is 0.0170 e. The largest absolute Gasteiger partial charge is 0.292 e. The highest BCUT2D eigenvalue weighted by molar-refractivity contribution is 4.92. The molecule has 0 aliphatic heterocycles. The summed E-state index contributed by atoms with van der Waals surface area (Å²) >= 11 is 0. The van der Waals surface area contributed by atoms with Crippen LogP contribution in [0.1, 0.15) is 0 Å². The van der Waals surface area contributed by atoms with Gasteiger partial charge in [-0.15, -0.1) is 26.3 Å². The monoisotopic (exact) mass is 246 g/mol. The van der Waals surface area contributed by atoms with E-state index >= 15 is 0 Å². The number of nitrogens with zero attached hydrogens (tertiary/aromatic N) is 2. The normalized spacial score (nSPS) is 11.0. The van der Waals surface area contributed by atoms with Crippen LogP contribution in [-0.4, -0.2) is 49.1 Å². The van der Waals surface area contributed by atoms with Crippen molar-refractivity contribution in [1.29, 1.82) is 0 Å². The minimum absolute atomic E-state index is 0.888. The molecule has 0 aromatic heterocycles. The van der Waals surface area contributed by atoms with E-state index in [2.05, 4.69) is 48.3 Å². The van der Waals surface area contributed by atoms with E-state index in [9.17, 15) is 0 Å². The van der Waals surface area contributed by atoms with Crippen LogP contribution in [0.2, 0.25) is 0 Å². The highest BCUT2D eigenvalue weighted by Gasteiger charge is 1.98. The van der Waals surface area contributed by atoms with E-state index in [0.29, 0.717) is 0 Å². The first-order chi connectivity index (χ1) is 8.78. The molecule has 2 nitrogen and oxygen atoms in total. The molecule has 0 aliphatic carbocycles. The molecule has 0 rings (SSSR count). The molecule has 18 heavy (non-hydrogen) atoms. The van der Waals surface area contributed by atoms with Gasteiger partial charge in [-0.3, -0.25) is 9.80 Å². The molecule has 2 heteroatoms. The van der Waals surface area contributed by atoms with Gasteiger partial charge in [0.05, 0.1) is 0 Å². The van der Waals surface area contributed by atoms with Gasteiger partial charge in [0.25, 0.3) is 0 Å². The lowest BCUT2D eigenvalue weighted by atomic mass is 10.3. The first-order valence-electron chi connectivity index (χ1n) is 6.31. The quantitative estimate of drug-likeness (QED) is 0.489. The lowest BCUT2D eigenvalue weighted by Gasteiger charge is -2.18. The maximum atomic E-state index is 3.76. The molecule has 0 amide bonds. The van der Waals surface area contributed by atoms with Crippen molar-refractivity contribution in [3.8, 4) is 0 Å². The molecule has 0 unspecified atom stereocenters. The fourth-order valence-corrected chi connectivity index (χ4v) is 1.62. The molecular formula is C16H26N2. The van der Waals surface area contributed by atoms with E-state index in [1.54, 1.807) is 0 Å². The summed E-state index contributed by atoms with van der Waals surface area (Å²) < 4.78 is 0. The van der Waals surface area contributed by atoms with E-state index in [1.807, 2.05) is 24.3 Å². The molecule has 0 saturated carbocycles. The summed E-state index contributed by atoms with van der Waals surface area (Å²) in [5, 5.41) is 0. The maximum Gasteiger partial charge on any atom is 0.0170 e. The van der Waals surface area contributed by atoms with E-state index in [4.69, 9.17) is 0 Å². The van der Waals surface area contributed by atoms with Crippen LogP contribution >= 0.6 is 0 Å². The lowest BCUT2D eigenvalue weighted by molar-refractivity contribution is 0.363. The van der Waals surface area contributed by atoms with E-state index in [0.717, 1.165) is 39.3 Å². The summed E-state index contributed by atoms with van der Waals surface area (Å²) in [4.78, 5) is 4.53. The zero-order valence-electron chi connectivity index (χ0n) is 11.4. The average Bonchev–Trinajstić information content (AvgIpc) is 2.35. The summed E-state index contributed by atoms with van der Waals surface area (Å²) in [6.07, 6.45) is 12.0. The molecule has 0 bridgehead atoms. The maximum absolute atomic E-state index is 3.76. The Bertz CT molecular complexity index is 231.